The van der Waals surface area contributed by atoms with Gasteiger partial charge >= 0.3 is 0 Å². The Morgan fingerprint density at radius 1 is 1.47 bits per heavy atom. The molecular weight excluding hydrogens is 212 g/mol. The standard InChI is InChI=1S/C11H17ClN2O/c1-14-7-6-10(13)11(15)8-4-2-3-5-9(8)12/h2-5,10-11,14-15H,6-7,13H2,1H3. The first-order chi connectivity index (χ1) is 7.16. The number of nitrogens with two attached hydrogens (primary N) is 1. The van der Waals surface area contributed by atoms with Crippen molar-refractivity contribution in [3.63, 3.8) is 0 Å². The van der Waals surface area contributed by atoms with Crippen molar-refractivity contribution in [2.24, 2.45) is 5.73 Å². The quantitative estimate of drug-likeness (QED) is 0.712. The van der Waals surface area contributed by atoms with Crippen LogP contribution in [0.25, 0.3) is 0 Å². The number of rotatable bonds is 5. The summed E-state index contributed by atoms with van der Waals surface area (Å²) in [6.45, 7) is 0.780. The van der Waals surface area contributed by atoms with Gasteiger partial charge in [-0.3, -0.25) is 0 Å². The first kappa shape index (κ1) is 12.5. The van der Waals surface area contributed by atoms with Crippen molar-refractivity contribution >= 4 is 11.6 Å². The second kappa shape index (κ2) is 6.08. The first-order valence-electron chi connectivity index (χ1n) is 4.99. The zero-order chi connectivity index (χ0) is 11.3. The molecule has 0 saturated heterocycles. The van der Waals surface area contributed by atoms with Crippen LogP contribution in [0.2, 0.25) is 5.02 Å². The molecular formula is C11H17ClN2O. The Morgan fingerprint density at radius 2 is 2.13 bits per heavy atom. The summed E-state index contributed by atoms with van der Waals surface area (Å²) >= 11 is 5.97. The molecule has 2 unspecified atom stereocenters. The molecule has 0 heterocycles. The van der Waals surface area contributed by atoms with Gasteiger partial charge in [-0.05, 0) is 26.1 Å². The van der Waals surface area contributed by atoms with Crippen molar-refractivity contribution in [3.05, 3.63) is 34.9 Å². The number of aliphatic hydroxyl groups is 1. The van der Waals surface area contributed by atoms with Crippen LogP contribution >= 0.6 is 11.6 Å². The minimum absolute atomic E-state index is 0.294. The fourth-order valence-electron chi connectivity index (χ4n) is 1.41. The van der Waals surface area contributed by atoms with E-state index in [1.807, 2.05) is 19.2 Å². The molecule has 0 aliphatic rings. The van der Waals surface area contributed by atoms with Crippen LogP contribution in [0.3, 0.4) is 0 Å². The molecule has 4 N–H and O–H groups in total. The maximum absolute atomic E-state index is 9.96. The van der Waals surface area contributed by atoms with Crippen LogP contribution in [-0.4, -0.2) is 24.7 Å². The Bertz CT molecular complexity index is 306. The second-order valence-electron chi connectivity index (χ2n) is 3.52. The maximum atomic E-state index is 9.96. The Labute approximate surface area is 95.2 Å². The largest absolute Gasteiger partial charge is 0.387 e. The molecule has 0 bridgehead atoms. The Kier molecular flexibility index (Phi) is 5.05. The van der Waals surface area contributed by atoms with Crippen molar-refractivity contribution in [2.75, 3.05) is 13.6 Å². The molecule has 0 spiro atoms. The Morgan fingerprint density at radius 3 is 2.73 bits per heavy atom. The molecule has 0 amide bonds. The van der Waals surface area contributed by atoms with E-state index in [2.05, 4.69) is 5.32 Å². The van der Waals surface area contributed by atoms with E-state index in [4.69, 9.17) is 17.3 Å². The van der Waals surface area contributed by atoms with Crippen molar-refractivity contribution in [2.45, 2.75) is 18.6 Å². The van der Waals surface area contributed by atoms with Gasteiger partial charge in [0.15, 0.2) is 0 Å². The normalized spacial score (nSPS) is 14.9. The summed E-state index contributed by atoms with van der Waals surface area (Å²) in [5.74, 6) is 0. The second-order valence-corrected chi connectivity index (χ2v) is 3.93. The molecule has 1 rings (SSSR count). The van der Waals surface area contributed by atoms with E-state index in [9.17, 15) is 5.11 Å². The summed E-state index contributed by atoms with van der Waals surface area (Å²) < 4.78 is 0. The fourth-order valence-corrected chi connectivity index (χ4v) is 1.66. The SMILES string of the molecule is CNCCC(N)C(O)c1ccccc1Cl. The van der Waals surface area contributed by atoms with Crippen molar-refractivity contribution in [1.82, 2.24) is 5.32 Å². The number of benzene rings is 1. The van der Waals surface area contributed by atoms with Crippen LogP contribution in [0.4, 0.5) is 0 Å². The van der Waals surface area contributed by atoms with E-state index in [-0.39, 0.29) is 6.04 Å². The van der Waals surface area contributed by atoms with Crippen LogP contribution < -0.4 is 11.1 Å². The van der Waals surface area contributed by atoms with E-state index in [1.54, 1.807) is 12.1 Å². The molecule has 3 nitrogen and oxygen atoms in total. The van der Waals surface area contributed by atoms with Crippen LogP contribution in [-0.2, 0) is 0 Å². The van der Waals surface area contributed by atoms with Crippen LogP contribution in [0.15, 0.2) is 24.3 Å². The topological polar surface area (TPSA) is 58.3 Å². The van der Waals surface area contributed by atoms with Gasteiger partial charge in [-0.15, -0.1) is 0 Å². The zero-order valence-electron chi connectivity index (χ0n) is 8.78. The van der Waals surface area contributed by atoms with Gasteiger partial charge in [0.1, 0.15) is 0 Å². The lowest BCUT2D eigenvalue weighted by Gasteiger charge is -2.19. The molecule has 4 heteroatoms. The summed E-state index contributed by atoms with van der Waals surface area (Å²) in [6, 6.07) is 6.93. The molecule has 0 aliphatic heterocycles. The number of halogens is 1. The molecule has 1 aromatic carbocycles. The van der Waals surface area contributed by atoms with E-state index in [0.29, 0.717) is 17.0 Å². The summed E-state index contributed by atoms with van der Waals surface area (Å²) in [4.78, 5) is 0. The van der Waals surface area contributed by atoms with E-state index >= 15 is 0 Å². The Balaban J connectivity index is 2.67. The lowest BCUT2D eigenvalue weighted by atomic mass is 10.0. The molecule has 0 saturated carbocycles. The average Bonchev–Trinajstić information content (AvgIpc) is 2.25. The molecule has 1 aromatic rings. The van der Waals surface area contributed by atoms with Crippen LogP contribution in [0, 0.1) is 0 Å². The number of nitrogens with one attached hydrogen (secondary N) is 1. The minimum atomic E-state index is -0.702. The average molecular weight is 229 g/mol. The molecule has 0 aliphatic carbocycles. The molecule has 0 aromatic heterocycles. The lowest BCUT2D eigenvalue weighted by Crippen LogP contribution is -2.31. The van der Waals surface area contributed by atoms with Crippen molar-refractivity contribution in [1.29, 1.82) is 0 Å². The van der Waals surface area contributed by atoms with E-state index in [1.165, 1.54) is 0 Å². The van der Waals surface area contributed by atoms with E-state index in [0.717, 1.165) is 6.54 Å². The van der Waals surface area contributed by atoms with Crippen LogP contribution in [0.1, 0.15) is 18.1 Å². The minimum Gasteiger partial charge on any atom is -0.387 e. The van der Waals surface area contributed by atoms with Crippen molar-refractivity contribution in [3.8, 4) is 0 Å². The molecule has 15 heavy (non-hydrogen) atoms. The highest BCUT2D eigenvalue weighted by Crippen LogP contribution is 2.24. The van der Waals surface area contributed by atoms with Gasteiger partial charge in [0.2, 0.25) is 0 Å². The highest BCUT2D eigenvalue weighted by Gasteiger charge is 2.18. The van der Waals surface area contributed by atoms with Gasteiger partial charge in [-0.1, -0.05) is 29.8 Å². The Hall–Kier alpha value is -0.610. The number of hydrogen-bond donors (Lipinski definition) is 3. The van der Waals surface area contributed by atoms with Gasteiger partial charge in [-0.2, -0.15) is 0 Å². The van der Waals surface area contributed by atoms with Gasteiger partial charge in [-0.25, -0.2) is 0 Å². The van der Waals surface area contributed by atoms with Gasteiger partial charge in [0, 0.05) is 16.6 Å². The van der Waals surface area contributed by atoms with Crippen molar-refractivity contribution < 1.29 is 5.11 Å². The summed E-state index contributed by atoms with van der Waals surface area (Å²) in [7, 11) is 1.86. The molecule has 84 valence electrons. The zero-order valence-corrected chi connectivity index (χ0v) is 9.54. The smallest absolute Gasteiger partial charge is 0.0955 e. The molecule has 2 atom stereocenters. The number of aliphatic hydroxyl groups excluding tert-OH is 1. The third-order valence-corrected chi connectivity index (χ3v) is 2.70. The maximum Gasteiger partial charge on any atom is 0.0955 e. The van der Waals surface area contributed by atoms with E-state index < -0.39 is 6.10 Å². The third kappa shape index (κ3) is 3.47. The summed E-state index contributed by atoms with van der Waals surface area (Å²) in [5, 5.41) is 13.5. The monoisotopic (exact) mass is 228 g/mol. The summed E-state index contributed by atoms with van der Waals surface area (Å²) in [5.41, 5.74) is 6.55. The third-order valence-electron chi connectivity index (χ3n) is 2.36. The first-order valence-corrected chi connectivity index (χ1v) is 5.37. The molecule has 0 fully saturated rings. The van der Waals surface area contributed by atoms with Crippen LogP contribution in [0.5, 0.6) is 0 Å². The predicted octanol–water partition coefficient (Wildman–Crippen LogP) is 1.31. The molecule has 0 radical (unpaired) electrons. The highest BCUT2D eigenvalue weighted by molar-refractivity contribution is 6.31. The van der Waals surface area contributed by atoms with Gasteiger partial charge < -0.3 is 16.2 Å². The van der Waals surface area contributed by atoms with Gasteiger partial charge in [0.05, 0.1) is 6.10 Å². The highest BCUT2D eigenvalue weighted by atomic mass is 35.5. The lowest BCUT2D eigenvalue weighted by molar-refractivity contribution is 0.142. The number of hydrogen-bond acceptors (Lipinski definition) is 3. The van der Waals surface area contributed by atoms with Gasteiger partial charge in [0.25, 0.3) is 0 Å². The summed E-state index contributed by atoms with van der Waals surface area (Å²) in [6.07, 6.45) is 0.00939. The predicted molar refractivity (Wildman–Crippen MR) is 62.9 cm³/mol. The fraction of sp³-hybridized carbons (Fsp3) is 0.455.